The van der Waals surface area contributed by atoms with Crippen LogP contribution in [0.25, 0.3) is 11.1 Å². The van der Waals surface area contributed by atoms with Gasteiger partial charge in [0, 0.05) is 13.7 Å². The maximum atomic E-state index is 5.82. The minimum absolute atomic E-state index is 0.217. The van der Waals surface area contributed by atoms with Crippen molar-refractivity contribution in [2.45, 2.75) is 13.3 Å². The summed E-state index contributed by atoms with van der Waals surface area (Å²) in [7, 11) is 3.53. The van der Waals surface area contributed by atoms with Crippen LogP contribution in [0.4, 0.5) is 0 Å². The fourth-order valence-electron chi connectivity index (χ4n) is 3.96. The molecule has 0 aliphatic carbocycles. The predicted molar refractivity (Wildman–Crippen MR) is 134 cm³/mol. The summed E-state index contributed by atoms with van der Waals surface area (Å²) in [6, 6.07) is 22.5. The van der Waals surface area contributed by atoms with Gasteiger partial charge in [-0.3, -0.25) is 0 Å². The second kappa shape index (κ2) is 11.6. The number of methoxy groups -OCH3 is 1. The van der Waals surface area contributed by atoms with E-state index in [0.717, 1.165) is 58.2 Å². The van der Waals surface area contributed by atoms with E-state index in [9.17, 15) is 0 Å². The van der Waals surface area contributed by atoms with Gasteiger partial charge in [0.2, 0.25) is 6.79 Å². The van der Waals surface area contributed by atoms with Crippen molar-refractivity contribution in [3.63, 3.8) is 0 Å². The van der Waals surface area contributed by atoms with E-state index in [1.807, 2.05) is 37.4 Å². The Hall–Kier alpha value is -3.48. The van der Waals surface area contributed by atoms with Crippen LogP contribution in [0.1, 0.15) is 30.0 Å². The highest BCUT2D eigenvalue weighted by Crippen LogP contribution is 2.40. The molecule has 1 aliphatic rings. The average molecular weight is 462 g/mol. The Morgan fingerprint density at radius 1 is 0.824 bits per heavy atom. The highest BCUT2D eigenvalue weighted by Gasteiger charge is 2.18. The monoisotopic (exact) mass is 461 g/mol. The summed E-state index contributed by atoms with van der Waals surface area (Å²) in [6.45, 7) is 4.07. The first-order valence-corrected chi connectivity index (χ1v) is 11.5. The number of hydrogen-bond acceptors (Lipinski definition) is 6. The molecule has 34 heavy (non-hydrogen) atoms. The summed E-state index contributed by atoms with van der Waals surface area (Å²) >= 11 is 0. The second-order valence-electron chi connectivity index (χ2n) is 7.83. The van der Waals surface area contributed by atoms with E-state index in [1.165, 1.54) is 5.57 Å². The molecule has 6 heteroatoms. The maximum absolute atomic E-state index is 5.82. The standard InChI is InChI=1S/C28H31NO5/c1-4-25(22-9-14-26-27(17-22)34-19-33-26)28(21-7-12-24(13-8-21)32-18-30-3)20-5-10-23(11-6-20)31-16-15-29-2/h5-14,17,29H,4,15-16,18-19H2,1-3H3. The van der Waals surface area contributed by atoms with Gasteiger partial charge in [0.15, 0.2) is 18.3 Å². The van der Waals surface area contributed by atoms with Crippen LogP contribution in [-0.2, 0) is 4.74 Å². The Labute approximate surface area is 201 Å². The summed E-state index contributed by atoms with van der Waals surface area (Å²) in [4.78, 5) is 0. The molecule has 0 saturated heterocycles. The van der Waals surface area contributed by atoms with Crippen molar-refractivity contribution in [2.24, 2.45) is 0 Å². The number of likely N-dealkylation sites (N-methyl/N-ethyl adjacent to an activating group) is 1. The van der Waals surface area contributed by atoms with Crippen LogP contribution in [0.5, 0.6) is 23.0 Å². The van der Waals surface area contributed by atoms with Crippen molar-refractivity contribution >= 4 is 11.1 Å². The normalized spacial score (nSPS) is 12.9. The lowest BCUT2D eigenvalue weighted by atomic mass is 9.88. The van der Waals surface area contributed by atoms with E-state index in [1.54, 1.807) is 7.11 Å². The molecule has 0 unspecified atom stereocenters. The lowest BCUT2D eigenvalue weighted by Crippen LogP contribution is -2.15. The van der Waals surface area contributed by atoms with Crippen molar-refractivity contribution in [3.05, 3.63) is 83.4 Å². The molecule has 0 spiro atoms. The van der Waals surface area contributed by atoms with Crippen LogP contribution in [0, 0.1) is 0 Å². The van der Waals surface area contributed by atoms with Crippen molar-refractivity contribution < 1.29 is 23.7 Å². The molecule has 6 nitrogen and oxygen atoms in total. The largest absolute Gasteiger partial charge is 0.492 e. The third kappa shape index (κ3) is 5.53. The van der Waals surface area contributed by atoms with E-state index in [0.29, 0.717) is 6.61 Å². The van der Waals surface area contributed by atoms with Gasteiger partial charge in [0.25, 0.3) is 0 Å². The van der Waals surface area contributed by atoms with E-state index < -0.39 is 0 Å². The molecule has 3 aromatic carbocycles. The summed E-state index contributed by atoms with van der Waals surface area (Å²) < 4.78 is 27.6. The minimum atomic E-state index is 0.217. The quantitative estimate of drug-likeness (QED) is 0.236. The van der Waals surface area contributed by atoms with Crippen molar-refractivity contribution in [3.8, 4) is 23.0 Å². The fraction of sp³-hybridized carbons (Fsp3) is 0.286. The topological polar surface area (TPSA) is 58.2 Å². The number of allylic oxidation sites excluding steroid dienone is 1. The maximum Gasteiger partial charge on any atom is 0.231 e. The molecule has 0 fully saturated rings. The minimum Gasteiger partial charge on any atom is -0.492 e. The molecule has 0 bridgehead atoms. The van der Waals surface area contributed by atoms with Crippen LogP contribution < -0.4 is 24.3 Å². The van der Waals surface area contributed by atoms with Gasteiger partial charge in [0.05, 0.1) is 0 Å². The molecule has 4 rings (SSSR count). The summed E-state index contributed by atoms with van der Waals surface area (Å²) in [5.74, 6) is 3.17. The number of benzene rings is 3. The molecule has 0 atom stereocenters. The molecule has 1 N–H and O–H groups in total. The van der Waals surface area contributed by atoms with Crippen LogP contribution in [0.3, 0.4) is 0 Å². The van der Waals surface area contributed by atoms with Crippen molar-refractivity contribution in [2.75, 3.05) is 40.9 Å². The Kier molecular flexibility index (Phi) is 8.07. The van der Waals surface area contributed by atoms with Gasteiger partial charge in [-0.15, -0.1) is 0 Å². The third-order valence-electron chi connectivity index (χ3n) is 5.63. The first-order chi connectivity index (χ1) is 16.7. The molecule has 1 heterocycles. The Bertz CT molecular complexity index is 1110. The first kappa shape index (κ1) is 23.7. The second-order valence-corrected chi connectivity index (χ2v) is 7.83. The van der Waals surface area contributed by atoms with Gasteiger partial charge in [-0.05, 0) is 77.7 Å². The van der Waals surface area contributed by atoms with Gasteiger partial charge < -0.3 is 29.0 Å². The zero-order valence-electron chi connectivity index (χ0n) is 19.9. The summed E-state index contributed by atoms with van der Waals surface area (Å²) in [6.07, 6.45) is 0.845. The molecular formula is C28H31NO5. The highest BCUT2D eigenvalue weighted by atomic mass is 16.7. The molecule has 0 saturated carbocycles. The van der Waals surface area contributed by atoms with Crippen molar-refractivity contribution in [1.82, 2.24) is 5.32 Å². The predicted octanol–water partition coefficient (Wildman–Crippen LogP) is 5.37. The fourth-order valence-corrected chi connectivity index (χ4v) is 3.96. The van der Waals surface area contributed by atoms with Gasteiger partial charge in [-0.2, -0.15) is 0 Å². The number of ether oxygens (including phenoxy) is 5. The van der Waals surface area contributed by atoms with Crippen LogP contribution in [0.15, 0.2) is 66.7 Å². The highest BCUT2D eigenvalue weighted by molar-refractivity contribution is 5.99. The SMILES string of the molecule is CCC(=C(c1ccc(OCCNC)cc1)c1ccc(OCOC)cc1)c1ccc2c(c1)OCO2. The number of rotatable bonds is 11. The van der Waals surface area contributed by atoms with E-state index >= 15 is 0 Å². The van der Waals surface area contributed by atoms with Crippen LogP contribution >= 0.6 is 0 Å². The molecule has 0 aromatic heterocycles. The van der Waals surface area contributed by atoms with Gasteiger partial charge in [0.1, 0.15) is 18.1 Å². The van der Waals surface area contributed by atoms with E-state index in [4.69, 9.17) is 23.7 Å². The molecule has 3 aromatic rings. The first-order valence-electron chi connectivity index (χ1n) is 11.5. The smallest absolute Gasteiger partial charge is 0.231 e. The van der Waals surface area contributed by atoms with Gasteiger partial charge in [-0.25, -0.2) is 0 Å². The van der Waals surface area contributed by atoms with Gasteiger partial charge >= 0.3 is 0 Å². The Morgan fingerprint density at radius 3 is 2.06 bits per heavy atom. The summed E-state index contributed by atoms with van der Waals surface area (Å²) in [5, 5.41) is 3.10. The molecule has 0 amide bonds. The Balaban J connectivity index is 1.75. The average Bonchev–Trinajstić information content (AvgIpc) is 3.35. The molecule has 1 aliphatic heterocycles. The Morgan fingerprint density at radius 2 is 1.44 bits per heavy atom. The van der Waals surface area contributed by atoms with Crippen LogP contribution in [-0.4, -0.2) is 40.9 Å². The molecule has 0 radical (unpaired) electrons. The van der Waals surface area contributed by atoms with E-state index in [-0.39, 0.29) is 13.6 Å². The number of nitrogens with one attached hydrogen (secondary N) is 1. The van der Waals surface area contributed by atoms with Crippen LogP contribution in [0.2, 0.25) is 0 Å². The zero-order chi connectivity index (χ0) is 23.8. The van der Waals surface area contributed by atoms with E-state index in [2.05, 4.69) is 48.6 Å². The lowest BCUT2D eigenvalue weighted by Gasteiger charge is -2.17. The number of hydrogen-bond donors (Lipinski definition) is 1. The van der Waals surface area contributed by atoms with Gasteiger partial charge in [-0.1, -0.05) is 37.3 Å². The lowest BCUT2D eigenvalue weighted by molar-refractivity contribution is 0.0511. The van der Waals surface area contributed by atoms with Crippen molar-refractivity contribution in [1.29, 1.82) is 0 Å². The third-order valence-corrected chi connectivity index (χ3v) is 5.63. The zero-order valence-corrected chi connectivity index (χ0v) is 19.9. The number of fused-ring (bicyclic) bond motifs is 1. The summed E-state index contributed by atoms with van der Waals surface area (Å²) in [5.41, 5.74) is 5.69. The molecular weight excluding hydrogens is 430 g/mol. The molecule has 178 valence electrons.